The fraction of sp³-hybridized carbons (Fsp3) is 0.867. The van der Waals surface area contributed by atoms with Gasteiger partial charge < -0.3 is 15.8 Å². The number of hydrogen-bond donors (Lipinski definition) is 2. The SMILES string of the molecule is CC1CCC(C(=O)N2CCN(C(C)C(N)=NO)CC2)CC1. The molecule has 1 atom stereocenters. The summed E-state index contributed by atoms with van der Waals surface area (Å²) in [7, 11) is 0. The van der Waals surface area contributed by atoms with Crippen LogP contribution in [0.1, 0.15) is 39.5 Å². The molecule has 120 valence electrons. The van der Waals surface area contributed by atoms with Crippen molar-refractivity contribution >= 4 is 11.7 Å². The van der Waals surface area contributed by atoms with Crippen molar-refractivity contribution in [2.24, 2.45) is 22.7 Å². The summed E-state index contributed by atoms with van der Waals surface area (Å²) in [5.41, 5.74) is 5.65. The van der Waals surface area contributed by atoms with Gasteiger partial charge in [-0.25, -0.2) is 0 Å². The standard InChI is InChI=1S/C15H28N4O2/c1-11-3-5-13(6-4-11)15(20)19-9-7-18(8-10-19)12(2)14(16)17-21/h11-13,21H,3-10H2,1-2H3,(H2,16,17). The monoisotopic (exact) mass is 296 g/mol. The maximum absolute atomic E-state index is 12.5. The number of piperazine rings is 1. The Morgan fingerprint density at radius 1 is 1.19 bits per heavy atom. The van der Waals surface area contributed by atoms with Crippen LogP contribution in [-0.2, 0) is 4.79 Å². The van der Waals surface area contributed by atoms with Crippen molar-refractivity contribution in [1.29, 1.82) is 0 Å². The molecule has 0 radical (unpaired) electrons. The van der Waals surface area contributed by atoms with Crippen LogP contribution in [0, 0.1) is 11.8 Å². The lowest BCUT2D eigenvalue weighted by Gasteiger charge is -2.39. The summed E-state index contributed by atoms with van der Waals surface area (Å²) in [6.07, 6.45) is 4.44. The molecule has 0 aromatic rings. The van der Waals surface area contributed by atoms with Crippen molar-refractivity contribution in [3.8, 4) is 0 Å². The summed E-state index contributed by atoms with van der Waals surface area (Å²) in [6.45, 7) is 7.25. The highest BCUT2D eigenvalue weighted by Crippen LogP contribution is 2.29. The van der Waals surface area contributed by atoms with E-state index in [1.165, 1.54) is 12.8 Å². The van der Waals surface area contributed by atoms with Gasteiger partial charge in [0.25, 0.3) is 0 Å². The summed E-state index contributed by atoms with van der Waals surface area (Å²) >= 11 is 0. The van der Waals surface area contributed by atoms with Crippen LogP contribution in [-0.4, -0.2) is 59.0 Å². The van der Waals surface area contributed by atoms with Gasteiger partial charge in [0.2, 0.25) is 5.91 Å². The Bertz CT molecular complexity index is 383. The smallest absolute Gasteiger partial charge is 0.225 e. The van der Waals surface area contributed by atoms with Crippen LogP contribution in [0.5, 0.6) is 0 Å². The van der Waals surface area contributed by atoms with E-state index < -0.39 is 0 Å². The molecule has 1 unspecified atom stereocenters. The average molecular weight is 296 g/mol. The molecule has 1 aliphatic heterocycles. The first-order valence-electron chi connectivity index (χ1n) is 8.03. The van der Waals surface area contributed by atoms with E-state index in [4.69, 9.17) is 10.9 Å². The van der Waals surface area contributed by atoms with E-state index in [1.54, 1.807) is 0 Å². The van der Waals surface area contributed by atoms with Crippen molar-refractivity contribution in [3.05, 3.63) is 0 Å². The molecule has 21 heavy (non-hydrogen) atoms. The number of rotatable bonds is 3. The molecule has 0 bridgehead atoms. The van der Waals surface area contributed by atoms with Crippen molar-refractivity contribution in [2.75, 3.05) is 26.2 Å². The van der Waals surface area contributed by atoms with Crippen LogP contribution in [0.15, 0.2) is 5.16 Å². The van der Waals surface area contributed by atoms with Crippen LogP contribution in [0.2, 0.25) is 0 Å². The van der Waals surface area contributed by atoms with Crippen LogP contribution in [0.25, 0.3) is 0 Å². The highest BCUT2D eigenvalue weighted by atomic mass is 16.4. The van der Waals surface area contributed by atoms with E-state index in [9.17, 15) is 4.79 Å². The largest absolute Gasteiger partial charge is 0.409 e. The highest BCUT2D eigenvalue weighted by Gasteiger charge is 2.31. The molecule has 2 fully saturated rings. The summed E-state index contributed by atoms with van der Waals surface area (Å²) in [5, 5.41) is 11.8. The Kier molecular flexibility index (Phi) is 5.45. The quantitative estimate of drug-likeness (QED) is 0.353. The lowest BCUT2D eigenvalue weighted by molar-refractivity contribution is -0.138. The Morgan fingerprint density at radius 2 is 1.76 bits per heavy atom. The third-order valence-electron chi connectivity index (χ3n) is 5.08. The summed E-state index contributed by atoms with van der Waals surface area (Å²) in [5.74, 6) is 1.57. The molecule has 2 rings (SSSR count). The molecule has 6 heteroatoms. The van der Waals surface area contributed by atoms with Crippen molar-refractivity contribution in [1.82, 2.24) is 9.80 Å². The minimum Gasteiger partial charge on any atom is -0.409 e. The van der Waals surface area contributed by atoms with Gasteiger partial charge in [0.15, 0.2) is 5.84 Å². The van der Waals surface area contributed by atoms with E-state index >= 15 is 0 Å². The van der Waals surface area contributed by atoms with E-state index in [-0.39, 0.29) is 17.8 Å². The van der Waals surface area contributed by atoms with E-state index in [1.807, 2.05) is 11.8 Å². The van der Waals surface area contributed by atoms with Gasteiger partial charge in [-0.15, -0.1) is 0 Å². The van der Waals surface area contributed by atoms with E-state index in [0.717, 1.165) is 44.9 Å². The van der Waals surface area contributed by atoms with Crippen LogP contribution >= 0.6 is 0 Å². The lowest BCUT2D eigenvalue weighted by atomic mass is 9.82. The fourth-order valence-electron chi connectivity index (χ4n) is 3.37. The number of nitrogens with two attached hydrogens (primary N) is 1. The molecule has 6 nitrogen and oxygen atoms in total. The lowest BCUT2D eigenvalue weighted by Crippen LogP contribution is -2.55. The van der Waals surface area contributed by atoms with Crippen LogP contribution in [0.3, 0.4) is 0 Å². The zero-order valence-corrected chi connectivity index (χ0v) is 13.2. The molecular weight excluding hydrogens is 268 g/mol. The number of hydrogen-bond acceptors (Lipinski definition) is 4. The number of nitrogens with zero attached hydrogens (tertiary/aromatic N) is 3. The minimum absolute atomic E-state index is 0.0808. The molecule has 1 saturated heterocycles. The maximum Gasteiger partial charge on any atom is 0.225 e. The van der Waals surface area contributed by atoms with E-state index in [2.05, 4.69) is 17.0 Å². The molecule has 1 heterocycles. The summed E-state index contributed by atoms with van der Waals surface area (Å²) in [4.78, 5) is 16.7. The molecule has 2 aliphatic rings. The average Bonchev–Trinajstić information content (AvgIpc) is 2.53. The van der Waals surface area contributed by atoms with Gasteiger partial charge in [-0.3, -0.25) is 9.69 Å². The topological polar surface area (TPSA) is 82.2 Å². The fourth-order valence-corrected chi connectivity index (χ4v) is 3.37. The predicted molar refractivity (Wildman–Crippen MR) is 82.1 cm³/mol. The Labute approximate surface area is 127 Å². The van der Waals surface area contributed by atoms with Gasteiger partial charge in [0, 0.05) is 32.1 Å². The second-order valence-corrected chi connectivity index (χ2v) is 6.52. The first-order valence-corrected chi connectivity index (χ1v) is 8.03. The molecule has 1 aliphatic carbocycles. The number of amides is 1. The molecule has 0 aromatic heterocycles. The van der Waals surface area contributed by atoms with Crippen molar-refractivity contribution in [2.45, 2.75) is 45.6 Å². The number of carbonyl (C=O) groups excluding carboxylic acids is 1. The molecule has 3 N–H and O–H groups in total. The summed E-state index contributed by atoms with van der Waals surface area (Å²) < 4.78 is 0. The Hall–Kier alpha value is -1.30. The van der Waals surface area contributed by atoms with Crippen molar-refractivity contribution < 1.29 is 10.0 Å². The Balaban J connectivity index is 1.82. The molecule has 1 amide bonds. The third kappa shape index (κ3) is 3.87. The highest BCUT2D eigenvalue weighted by molar-refractivity contribution is 5.84. The number of oxime groups is 1. The Morgan fingerprint density at radius 3 is 2.29 bits per heavy atom. The van der Waals surface area contributed by atoms with Crippen LogP contribution in [0.4, 0.5) is 0 Å². The third-order valence-corrected chi connectivity index (χ3v) is 5.08. The van der Waals surface area contributed by atoms with Gasteiger partial charge in [-0.05, 0) is 38.5 Å². The zero-order valence-electron chi connectivity index (χ0n) is 13.2. The molecule has 0 aromatic carbocycles. The maximum atomic E-state index is 12.5. The molecule has 0 spiro atoms. The van der Waals surface area contributed by atoms with Gasteiger partial charge >= 0.3 is 0 Å². The van der Waals surface area contributed by atoms with E-state index in [0.29, 0.717) is 5.91 Å². The van der Waals surface area contributed by atoms with Gasteiger partial charge in [0.1, 0.15) is 0 Å². The minimum atomic E-state index is -0.0808. The molecule has 1 saturated carbocycles. The number of carbonyl (C=O) groups is 1. The first kappa shape index (κ1) is 16.1. The summed E-state index contributed by atoms with van der Waals surface area (Å²) in [6, 6.07) is -0.0808. The second-order valence-electron chi connectivity index (χ2n) is 6.52. The van der Waals surface area contributed by atoms with Gasteiger partial charge in [0.05, 0.1) is 6.04 Å². The predicted octanol–water partition coefficient (Wildman–Crippen LogP) is 1.09. The van der Waals surface area contributed by atoms with Crippen molar-refractivity contribution in [3.63, 3.8) is 0 Å². The first-order chi connectivity index (χ1) is 10.0. The number of amidine groups is 1. The molecular formula is C15H28N4O2. The second kappa shape index (κ2) is 7.11. The zero-order chi connectivity index (χ0) is 15.4. The van der Waals surface area contributed by atoms with Gasteiger partial charge in [-0.1, -0.05) is 12.1 Å². The van der Waals surface area contributed by atoms with Crippen LogP contribution < -0.4 is 5.73 Å². The normalized spacial score (nSPS) is 30.2. The van der Waals surface area contributed by atoms with Gasteiger partial charge in [-0.2, -0.15) is 0 Å².